The second-order valence-corrected chi connectivity index (χ2v) is 4.12. The van der Waals surface area contributed by atoms with Crippen molar-refractivity contribution in [3.63, 3.8) is 0 Å². The normalized spacial score (nSPS) is 9.80. The van der Waals surface area contributed by atoms with E-state index in [0.29, 0.717) is 22.2 Å². The molecule has 0 saturated heterocycles. The predicted molar refractivity (Wildman–Crippen MR) is 75.2 cm³/mol. The Kier molecular flexibility index (Phi) is 6.08. The molecule has 1 rings (SSSR count). The summed E-state index contributed by atoms with van der Waals surface area (Å²) in [7, 11) is 2.93. The summed E-state index contributed by atoms with van der Waals surface area (Å²) in [5.74, 6) is -0.0195. The molecule has 0 saturated carbocycles. The first-order chi connectivity index (χ1) is 9.51. The number of nitrogens with one attached hydrogen (secondary N) is 2. The smallest absolute Gasteiger partial charge is 0.243 e. The first-order valence-electron chi connectivity index (χ1n) is 5.70. The minimum atomic E-state index is -0.425. The number of amides is 2. The van der Waals surface area contributed by atoms with Crippen LogP contribution in [0.5, 0.6) is 11.5 Å². The summed E-state index contributed by atoms with van der Waals surface area (Å²) in [5.41, 5.74) is 5.49. The highest BCUT2D eigenvalue weighted by Gasteiger charge is 2.12. The Balaban J connectivity index is 2.78. The van der Waals surface area contributed by atoms with Crippen LogP contribution in [-0.4, -0.2) is 39.1 Å². The molecular formula is C12H16ClN3O4. The van der Waals surface area contributed by atoms with E-state index >= 15 is 0 Å². The van der Waals surface area contributed by atoms with Crippen molar-refractivity contribution >= 4 is 29.1 Å². The fourth-order valence-corrected chi connectivity index (χ4v) is 1.64. The van der Waals surface area contributed by atoms with E-state index in [1.807, 2.05) is 0 Å². The Hall–Kier alpha value is -1.99. The highest BCUT2D eigenvalue weighted by molar-refractivity contribution is 6.32. The zero-order valence-corrected chi connectivity index (χ0v) is 11.9. The third-order valence-corrected chi connectivity index (χ3v) is 2.67. The van der Waals surface area contributed by atoms with E-state index in [2.05, 4.69) is 10.6 Å². The highest BCUT2D eigenvalue weighted by Crippen LogP contribution is 2.35. The standard InChI is InChI=1S/C12H16ClN3O4/c1-19-9-4-10(20-2)8(3-7(9)13)16-12(18)6-15-11(17)5-14/h3-4H,5-6,14H2,1-2H3,(H,15,17)(H,16,18). The molecule has 0 unspecified atom stereocenters. The number of benzene rings is 1. The number of halogens is 1. The molecule has 0 atom stereocenters. The lowest BCUT2D eigenvalue weighted by Gasteiger charge is -2.13. The van der Waals surface area contributed by atoms with Crippen molar-refractivity contribution < 1.29 is 19.1 Å². The summed E-state index contributed by atoms with van der Waals surface area (Å²) in [6.07, 6.45) is 0. The minimum Gasteiger partial charge on any atom is -0.495 e. The zero-order chi connectivity index (χ0) is 15.1. The van der Waals surface area contributed by atoms with Crippen LogP contribution in [0.15, 0.2) is 12.1 Å². The second kappa shape index (κ2) is 7.56. The van der Waals surface area contributed by atoms with Gasteiger partial charge < -0.3 is 25.8 Å². The molecule has 0 radical (unpaired) electrons. The Labute approximate surface area is 121 Å². The number of hydrogen-bond donors (Lipinski definition) is 3. The fourth-order valence-electron chi connectivity index (χ4n) is 1.40. The van der Waals surface area contributed by atoms with Gasteiger partial charge in [-0.3, -0.25) is 9.59 Å². The molecule has 0 aliphatic carbocycles. The van der Waals surface area contributed by atoms with Crippen molar-refractivity contribution in [1.29, 1.82) is 0 Å². The summed E-state index contributed by atoms with van der Waals surface area (Å²) in [4.78, 5) is 22.6. The average Bonchev–Trinajstić information content (AvgIpc) is 2.45. The van der Waals surface area contributed by atoms with Crippen LogP contribution in [0.1, 0.15) is 0 Å². The van der Waals surface area contributed by atoms with Gasteiger partial charge in [-0.25, -0.2) is 0 Å². The summed E-state index contributed by atoms with van der Waals surface area (Å²) in [6.45, 7) is -0.367. The average molecular weight is 302 g/mol. The topological polar surface area (TPSA) is 103 Å². The van der Waals surface area contributed by atoms with Gasteiger partial charge in [0.05, 0.1) is 38.0 Å². The fraction of sp³-hybridized carbons (Fsp3) is 0.333. The van der Waals surface area contributed by atoms with Gasteiger partial charge in [-0.2, -0.15) is 0 Å². The molecule has 110 valence electrons. The van der Waals surface area contributed by atoms with Gasteiger partial charge in [-0.05, 0) is 6.07 Å². The first-order valence-corrected chi connectivity index (χ1v) is 6.07. The van der Waals surface area contributed by atoms with Crippen molar-refractivity contribution in [3.05, 3.63) is 17.2 Å². The largest absolute Gasteiger partial charge is 0.495 e. The SMILES string of the molecule is COc1cc(OC)c(NC(=O)CNC(=O)CN)cc1Cl. The van der Waals surface area contributed by atoms with Crippen LogP contribution >= 0.6 is 11.6 Å². The van der Waals surface area contributed by atoms with E-state index in [1.165, 1.54) is 20.3 Å². The van der Waals surface area contributed by atoms with E-state index in [4.69, 9.17) is 26.8 Å². The van der Waals surface area contributed by atoms with Gasteiger partial charge >= 0.3 is 0 Å². The molecule has 0 aromatic heterocycles. The lowest BCUT2D eigenvalue weighted by atomic mass is 10.2. The van der Waals surface area contributed by atoms with Crippen LogP contribution in [0.25, 0.3) is 0 Å². The molecular weight excluding hydrogens is 286 g/mol. The predicted octanol–water partition coefficient (Wildman–Crippen LogP) is 0.371. The molecule has 8 heteroatoms. The van der Waals surface area contributed by atoms with Crippen molar-refractivity contribution in [2.75, 3.05) is 32.6 Å². The maximum atomic E-state index is 11.7. The molecule has 1 aromatic carbocycles. The molecule has 1 aromatic rings. The van der Waals surface area contributed by atoms with Gasteiger partial charge in [0.15, 0.2) is 0 Å². The number of hydrogen-bond acceptors (Lipinski definition) is 5. The van der Waals surface area contributed by atoms with E-state index < -0.39 is 11.8 Å². The van der Waals surface area contributed by atoms with E-state index in [1.54, 1.807) is 6.07 Å². The molecule has 2 amide bonds. The van der Waals surface area contributed by atoms with Gasteiger partial charge in [-0.15, -0.1) is 0 Å². The van der Waals surface area contributed by atoms with Crippen molar-refractivity contribution in [2.24, 2.45) is 5.73 Å². The monoisotopic (exact) mass is 301 g/mol. The Morgan fingerprint density at radius 2 is 1.85 bits per heavy atom. The second-order valence-electron chi connectivity index (χ2n) is 3.72. The molecule has 0 spiro atoms. The van der Waals surface area contributed by atoms with Crippen LogP contribution in [0.4, 0.5) is 5.69 Å². The van der Waals surface area contributed by atoms with E-state index in [-0.39, 0.29) is 13.1 Å². The van der Waals surface area contributed by atoms with Crippen molar-refractivity contribution in [3.8, 4) is 11.5 Å². The number of nitrogens with two attached hydrogens (primary N) is 1. The van der Waals surface area contributed by atoms with Gasteiger partial charge in [-0.1, -0.05) is 11.6 Å². The zero-order valence-electron chi connectivity index (χ0n) is 11.2. The van der Waals surface area contributed by atoms with Gasteiger partial charge in [0.2, 0.25) is 11.8 Å². The van der Waals surface area contributed by atoms with Gasteiger partial charge in [0.1, 0.15) is 11.5 Å². The van der Waals surface area contributed by atoms with Gasteiger partial charge in [0.25, 0.3) is 0 Å². The third kappa shape index (κ3) is 4.29. The summed E-state index contributed by atoms with van der Waals surface area (Å²) < 4.78 is 10.2. The lowest BCUT2D eigenvalue weighted by Crippen LogP contribution is -2.36. The molecule has 7 nitrogen and oxygen atoms in total. The van der Waals surface area contributed by atoms with Crippen LogP contribution in [0, 0.1) is 0 Å². The van der Waals surface area contributed by atoms with Crippen LogP contribution < -0.4 is 25.8 Å². The number of methoxy groups -OCH3 is 2. The molecule has 0 fully saturated rings. The molecule has 20 heavy (non-hydrogen) atoms. The Morgan fingerprint density at radius 1 is 1.20 bits per heavy atom. The third-order valence-electron chi connectivity index (χ3n) is 2.38. The molecule has 0 aliphatic rings. The number of ether oxygens (including phenoxy) is 2. The number of anilines is 1. The Morgan fingerprint density at radius 3 is 2.40 bits per heavy atom. The van der Waals surface area contributed by atoms with Crippen LogP contribution in [0.2, 0.25) is 5.02 Å². The van der Waals surface area contributed by atoms with E-state index in [0.717, 1.165) is 0 Å². The van der Waals surface area contributed by atoms with Crippen LogP contribution in [0.3, 0.4) is 0 Å². The molecule has 4 N–H and O–H groups in total. The van der Waals surface area contributed by atoms with E-state index in [9.17, 15) is 9.59 Å². The number of carbonyl (C=O) groups excluding carboxylic acids is 2. The Bertz CT molecular complexity index is 508. The van der Waals surface area contributed by atoms with Crippen LogP contribution in [-0.2, 0) is 9.59 Å². The summed E-state index contributed by atoms with van der Waals surface area (Å²) in [6, 6.07) is 3.05. The molecule has 0 bridgehead atoms. The molecule has 0 aliphatic heterocycles. The lowest BCUT2D eigenvalue weighted by molar-refractivity contribution is -0.123. The van der Waals surface area contributed by atoms with Crippen molar-refractivity contribution in [2.45, 2.75) is 0 Å². The van der Waals surface area contributed by atoms with Gasteiger partial charge in [0, 0.05) is 6.07 Å². The van der Waals surface area contributed by atoms with Crippen molar-refractivity contribution in [1.82, 2.24) is 5.32 Å². The maximum absolute atomic E-state index is 11.7. The quantitative estimate of drug-likeness (QED) is 0.704. The summed E-state index contributed by atoms with van der Waals surface area (Å²) in [5, 5.41) is 5.25. The first kappa shape index (κ1) is 16.1. The number of rotatable bonds is 6. The summed E-state index contributed by atoms with van der Waals surface area (Å²) >= 11 is 5.97. The highest BCUT2D eigenvalue weighted by atomic mass is 35.5. The molecule has 0 heterocycles. The maximum Gasteiger partial charge on any atom is 0.243 e. The number of carbonyl (C=O) groups is 2. The minimum absolute atomic E-state index is 0.176.